The van der Waals surface area contributed by atoms with Crippen molar-refractivity contribution in [3.05, 3.63) is 23.8 Å². The molecule has 104 valence electrons. The fourth-order valence-electron chi connectivity index (χ4n) is 2.31. The number of carbonyl (C=O) groups is 1. The van der Waals surface area contributed by atoms with Crippen molar-refractivity contribution in [2.45, 2.75) is 38.7 Å². The van der Waals surface area contributed by atoms with E-state index in [4.69, 9.17) is 9.47 Å². The Bertz CT molecular complexity index is 447. The van der Waals surface area contributed by atoms with Gasteiger partial charge in [-0.2, -0.15) is 0 Å². The van der Waals surface area contributed by atoms with E-state index in [-0.39, 0.29) is 12.0 Å². The Kier molecular flexibility index (Phi) is 4.30. The molecular formula is C15H21NO3. The van der Waals surface area contributed by atoms with Crippen molar-refractivity contribution in [2.24, 2.45) is 0 Å². The molecule has 1 fully saturated rings. The molecule has 0 aliphatic carbocycles. The standard InChI is InChI=1S/C15H21NO3/c1-10(2)19-14-8-11(4-6-13(14)18-3)12-5-7-15(17)16-9-12/h4,6,8,10,12H,5,7,9H2,1-3H3,(H,16,17)/t12-/m1/s1. The van der Waals surface area contributed by atoms with Crippen molar-refractivity contribution in [3.63, 3.8) is 0 Å². The minimum Gasteiger partial charge on any atom is -0.493 e. The summed E-state index contributed by atoms with van der Waals surface area (Å²) in [5, 5.41) is 2.91. The second-order valence-electron chi connectivity index (χ2n) is 5.12. The summed E-state index contributed by atoms with van der Waals surface area (Å²) in [5.41, 5.74) is 1.19. The smallest absolute Gasteiger partial charge is 0.220 e. The molecule has 0 radical (unpaired) electrons. The summed E-state index contributed by atoms with van der Waals surface area (Å²) < 4.78 is 11.1. The van der Waals surface area contributed by atoms with Crippen LogP contribution in [0.1, 0.15) is 38.2 Å². The Morgan fingerprint density at radius 1 is 1.32 bits per heavy atom. The predicted molar refractivity (Wildman–Crippen MR) is 73.7 cm³/mol. The molecule has 0 spiro atoms. The molecule has 1 aromatic carbocycles. The summed E-state index contributed by atoms with van der Waals surface area (Å²) in [6, 6.07) is 6.01. The maximum Gasteiger partial charge on any atom is 0.220 e. The minimum absolute atomic E-state index is 0.107. The molecule has 4 nitrogen and oxygen atoms in total. The van der Waals surface area contributed by atoms with Crippen LogP contribution in [0, 0.1) is 0 Å². The van der Waals surface area contributed by atoms with Crippen LogP contribution in [0.2, 0.25) is 0 Å². The highest BCUT2D eigenvalue weighted by atomic mass is 16.5. The van der Waals surface area contributed by atoms with Gasteiger partial charge in [-0.1, -0.05) is 6.07 Å². The molecule has 1 heterocycles. The van der Waals surface area contributed by atoms with E-state index in [0.29, 0.717) is 18.9 Å². The first-order valence-corrected chi connectivity index (χ1v) is 6.71. The lowest BCUT2D eigenvalue weighted by molar-refractivity contribution is -0.122. The van der Waals surface area contributed by atoms with E-state index in [0.717, 1.165) is 17.9 Å². The average molecular weight is 263 g/mol. The highest BCUT2D eigenvalue weighted by Gasteiger charge is 2.21. The van der Waals surface area contributed by atoms with Crippen molar-refractivity contribution in [3.8, 4) is 11.5 Å². The van der Waals surface area contributed by atoms with Gasteiger partial charge in [-0.05, 0) is 38.0 Å². The van der Waals surface area contributed by atoms with Gasteiger partial charge in [0.2, 0.25) is 5.91 Å². The molecular weight excluding hydrogens is 242 g/mol. The lowest BCUT2D eigenvalue weighted by Crippen LogP contribution is -2.33. The topological polar surface area (TPSA) is 47.6 Å². The molecule has 1 atom stereocenters. The third kappa shape index (κ3) is 3.40. The number of piperidine rings is 1. The molecule has 0 unspecified atom stereocenters. The van der Waals surface area contributed by atoms with Crippen LogP contribution in [0.3, 0.4) is 0 Å². The summed E-state index contributed by atoms with van der Waals surface area (Å²) >= 11 is 0. The van der Waals surface area contributed by atoms with Gasteiger partial charge in [-0.15, -0.1) is 0 Å². The van der Waals surface area contributed by atoms with E-state index >= 15 is 0 Å². The zero-order chi connectivity index (χ0) is 13.8. The first-order valence-electron chi connectivity index (χ1n) is 6.71. The number of ether oxygens (including phenoxy) is 2. The SMILES string of the molecule is COc1ccc([C@@H]2CCC(=O)NC2)cc1OC(C)C. The molecule has 1 aliphatic rings. The molecule has 0 bridgehead atoms. The van der Waals surface area contributed by atoms with Crippen LogP contribution in [-0.2, 0) is 4.79 Å². The molecule has 1 amide bonds. The molecule has 1 aromatic rings. The normalized spacial score (nSPS) is 19.2. The third-order valence-corrected chi connectivity index (χ3v) is 3.29. The molecule has 19 heavy (non-hydrogen) atoms. The molecule has 1 aliphatic heterocycles. The van der Waals surface area contributed by atoms with Crippen LogP contribution in [0.25, 0.3) is 0 Å². The van der Waals surface area contributed by atoms with Crippen LogP contribution in [0.15, 0.2) is 18.2 Å². The first-order chi connectivity index (χ1) is 9.10. The summed E-state index contributed by atoms with van der Waals surface area (Å²) in [6.45, 7) is 4.69. The second-order valence-corrected chi connectivity index (χ2v) is 5.12. The van der Waals surface area contributed by atoms with Gasteiger partial charge in [0.15, 0.2) is 11.5 Å². The summed E-state index contributed by atoms with van der Waals surface area (Å²) in [5.74, 6) is 2.02. The first kappa shape index (κ1) is 13.7. The van der Waals surface area contributed by atoms with Crippen LogP contribution in [-0.4, -0.2) is 25.7 Å². The van der Waals surface area contributed by atoms with E-state index in [1.807, 2.05) is 32.0 Å². The Morgan fingerprint density at radius 2 is 2.11 bits per heavy atom. The largest absolute Gasteiger partial charge is 0.493 e. The van der Waals surface area contributed by atoms with Gasteiger partial charge in [-0.3, -0.25) is 4.79 Å². The van der Waals surface area contributed by atoms with Crippen LogP contribution in [0.4, 0.5) is 0 Å². The van der Waals surface area contributed by atoms with Gasteiger partial charge in [0.05, 0.1) is 13.2 Å². The number of hydrogen-bond acceptors (Lipinski definition) is 3. The average Bonchev–Trinajstić information content (AvgIpc) is 2.39. The van der Waals surface area contributed by atoms with E-state index in [1.165, 1.54) is 5.56 Å². The minimum atomic E-state index is 0.107. The maximum atomic E-state index is 11.2. The zero-order valence-electron chi connectivity index (χ0n) is 11.7. The Morgan fingerprint density at radius 3 is 2.68 bits per heavy atom. The fraction of sp³-hybridized carbons (Fsp3) is 0.533. The van der Waals surface area contributed by atoms with E-state index in [9.17, 15) is 4.79 Å². The van der Waals surface area contributed by atoms with Gasteiger partial charge < -0.3 is 14.8 Å². The Labute approximate surface area is 114 Å². The predicted octanol–water partition coefficient (Wildman–Crippen LogP) is 2.48. The zero-order valence-corrected chi connectivity index (χ0v) is 11.7. The van der Waals surface area contributed by atoms with E-state index < -0.39 is 0 Å². The number of rotatable bonds is 4. The number of benzene rings is 1. The van der Waals surface area contributed by atoms with Gasteiger partial charge in [0.25, 0.3) is 0 Å². The lowest BCUT2D eigenvalue weighted by Gasteiger charge is -2.24. The maximum absolute atomic E-state index is 11.2. The Hall–Kier alpha value is -1.71. The van der Waals surface area contributed by atoms with Gasteiger partial charge in [0, 0.05) is 18.9 Å². The monoisotopic (exact) mass is 263 g/mol. The fourth-order valence-corrected chi connectivity index (χ4v) is 2.31. The molecule has 2 rings (SSSR count). The third-order valence-electron chi connectivity index (χ3n) is 3.29. The number of carbonyl (C=O) groups excluding carboxylic acids is 1. The number of hydrogen-bond donors (Lipinski definition) is 1. The lowest BCUT2D eigenvalue weighted by atomic mass is 9.91. The molecule has 4 heteroatoms. The molecule has 0 saturated carbocycles. The van der Waals surface area contributed by atoms with Crippen molar-refractivity contribution < 1.29 is 14.3 Å². The van der Waals surface area contributed by atoms with Crippen molar-refractivity contribution in [2.75, 3.05) is 13.7 Å². The van der Waals surface area contributed by atoms with Gasteiger partial charge in [-0.25, -0.2) is 0 Å². The van der Waals surface area contributed by atoms with Gasteiger partial charge in [0.1, 0.15) is 0 Å². The highest BCUT2D eigenvalue weighted by Crippen LogP contribution is 2.33. The van der Waals surface area contributed by atoms with Crippen molar-refractivity contribution in [1.82, 2.24) is 5.32 Å². The van der Waals surface area contributed by atoms with E-state index in [1.54, 1.807) is 7.11 Å². The summed E-state index contributed by atoms with van der Waals surface area (Å²) in [6.07, 6.45) is 1.59. The molecule has 0 aromatic heterocycles. The summed E-state index contributed by atoms with van der Waals surface area (Å²) in [7, 11) is 1.64. The molecule has 1 saturated heterocycles. The van der Waals surface area contributed by atoms with Crippen LogP contribution >= 0.6 is 0 Å². The van der Waals surface area contributed by atoms with Gasteiger partial charge >= 0.3 is 0 Å². The van der Waals surface area contributed by atoms with E-state index in [2.05, 4.69) is 5.32 Å². The van der Waals surface area contributed by atoms with Crippen molar-refractivity contribution >= 4 is 5.91 Å². The summed E-state index contributed by atoms with van der Waals surface area (Å²) in [4.78, 5) is 11.2. The molecule has 1 N–H and O–H groups in total. The number of nitrogens with one attached hydrogen (secondary N) is 1. The Balaban J connectivity index is 2.19. The number of methoxy groups -OCH3 is 1. The number of amides is 1. The van der Waals surface area contributed by atoms with Crippen LogP contribution in [0.5, 0.6) is 11.5 Å². The quantitative estimate of drug-likeness (QED) is 0.907. The highest BCUT2D eigenvalue weighted by molar-refractivity contribution is 5.76. The van der Waals surface area contributed by atoms with Crippen molar-refractivity contribution in [1.29, 1.82) is 0 Å². The second kappa shape index (κ2) is 5.95. The van der Waals surface area contributed by atoms with Crippen LogP contribution < -0.4 is 14.8 Å².